The average molecular weight is 111 g/mol. The zero-order valence-corrected chi connectivity index (χ0v) is 5.18. The second kappa shape index (κ2) is 3.42. The lowest BCUT2D eigenvalue weighted by molar-refractivity contribution is -0.115. The lowest BCUT2D eigenvalue weighted by atomic mass is 10.1. The summed E-state index contributed by atoms with van der Waals surface area (Å²) in [7, 11) is 0. The van der Waals surface area contributed by atoms with Crippen molar-refractivity contribution in [1.29, 1.82) is 0 Å². The minimum absolute atomic E-state index is 0.0764. The summed E-state index contributed by atoms with van der Waals surface area (Å²) in [5.41, 5.74) is 0. The smallest absolute Gasteiger partial charge is 0.155 e. The molecule has 0 aromatic carbocycles. The van der Waals surface area contributed by atoms with Crippen LogP contribution in [0.4, 0.5) is 0 Å². The number of rotatable bonds is 3. The fourth-order valence-corrected chi connectivity index (χ4v) is 0.427. The molecular weight excluding hydrogens is 100 g/mol. The number of ketones is 1. The molecule has 0 aliphatic heterocycles. The molecule has 0 aromatic heterocycles. The van der Waals surface area contributed by atoms with Crippen molar-refractivity contribution in [2.24, 2.45) is 5.92 Å². The van der Waals surface area contributed by atoms with Crippen molar-refractivity contribution in [3.05, 3.63) is 19.6 Å². The highest BCUT2D eigenvalue weighted by Crippen LogP contribution is 1.98. The summed E-state index contributed by atoms with van der Waals surface area (Å²) in [5.74, 6) is 0.285. The molecule has 45 valence electrons. The largest absolute Gasteiger partial charge is 0.295 e. The zero-order chi connectivity index (χ0) is 6.57. The van der Waals surface area contributed by atoms with Gasteiger partial charge in [0, 0.05) is 6.42 Å². The Morgan fingerprint density at radius 2 is 2.38 bits per heavy atom. The molecule has 0 heterocycles. The summed E-state index contributed by atoms with van der Waals surface area (Å²) in [6.45, 7) is 8.90. The van der Waals surface area contributed by atoms with Gasteiger partial charge in [0.05, 0.1) is 0 Å². The molecule has 0 aliphatic rings. The third kappa shape index (κ3) is 3.59. The van der Waals surface area contributed by atoms with E-state index in [2.05, 4.69) is 13.5 Å². The van der Waals surface area contributed by atoms with E-state index in [4.69, 9.17) is 0 Å². The monoisotopic (exact) mass is 111 g/mol. The lowest BCUT2D eigenvalue weighted by Gasteiger charge is -1.96. The van der Waals surface area contributed by atoms with Crippen molar-refractivity contribution in [1.82, 2.24) is 0 Å². The first-order valence-corrected chi connectivity index (χ1v) is 2.65. The Bertz CT molecular complexity index is 92.6. The van der Waals surface area contributed by atoms with Crippen LogP contribution in [-0.2, 0) is 4.79 Å². The third-order valence-corrected chi connectivity index (χ3v) is 0.777. The van der Waals surface area contributed by atoms with Gasteiger partial charge in [0.2, 0.25) is 0 Å². The van der Waals surface area contributed by atoms with Gasteiger partial charge in [-0.3, -0.25) is 4.79 Å². The standard InChI is InChI=1S/C7H11O/c1-4-7(8)5-6(2)3/h4,6H,1-2,5H2,3H3. The molecule has 0 rings (SSSR count). The van der Waals surface area contributed by atoms with Gasteiger partial charge in [0.25, 0.3) is 0 Å². The molecule has 0 amide bonds. The van der Waals surface area contributed by atoms with Crippen molar-refractivity contribution in [3.8, 4) is 0 Å². The Hall–Kier alpha value is -0.590. The Kier molecular flexibility index (Phi) is 3.16. The van der Waals surface area contributed by atoms with Crippen LogP contribution < -0.4 is 0 Å². The first kappa shape index (κ1) is 7.41. The molecule has 1 radical (unpaired) electrons. The van der Waals surface area contributed by atoms with E-state index in [0.717, 1.165) is 0 Å². The summed E-state index contributed by atoms with van der Waals surface area (Å²) < 4.78 is 0. The van der Waals surface area contributed by atoms with E-state index in [9.17, 15) is 4.79 Å². The minimum Gasteiger partial charge on any atom is -0.295 e. The van der Waals surface area contributed by atoms with Crippen LogP contribution in [0, 0.1) is 12.8 Å². The van der Waals surface area contributed by atoms with Crippen LogP contribution in [0.3, 0.4) is 0 Å². The van der Waals surface area contributed by atoms with Crippen LogP contribution in [0.5, 0.6) is 0 Å². The normalized spacial score (nSPS) is 9.38. The Labute approximate surface area is 50.4 Å². The average Bonchev–Trinajstić information content (AvgIpc) is 1.65. The highest BCUT2D eigenvalue weighted by molar-refractivity contribution is 5.89. The molecule has 1 heteroatoms. The quantitative estimate of drug-likeness (QED) is 0.505. The molecule has 1 atom stereocenters. The van der Waals surface area contributed by atoms with Crippen molar-refractivity contribution < 1.29 is 4.79 Å². The first-order valence-electron chi connectivity index (χ1n) is 2.65. The van der Waals surface area contributed by atoms with Gasteiger partial charge in [-0.2, -0.15) is 0 Å². The summed E-state index contributed by atoms with van der Waals surface area (Å²) in [6.07, 6.45) is 1.85. The molecule has 0 bridgehead atoms. The molecule has 0 aromatic rings. The second-order valence-corrected chi connectivity index (χ2v) is 1.98. The molecule has 0 saturated heterocycles. The van der Waals surface area contributed by atoms with E-state index in [-0.39, 0.29) is 11.7 Å². The number of hydrogen-bond acceptors (Lipinski definition) is 1. The number of allylic oxidation sites excluding steroid dienone is 1. The molecule has 8 heavy (non-hydrogen) atoms. The van der Waals surface area contributed by atoms with Gasteiger partial charge >= 0.3 is 0 Å². The fourth-order valence-electron chi connectivity index (χ4n) is 0.427. The highest BCUT2D eigenvalue weighted by atomic mass is 16.1. The fraction of sp³-hybridized carbons (Fsp3) is 0.429. The molecule has 0 spiro atoms. The van der Waals surface area contributed by atoms with E-state index in [1.54, 1.807) is 0 Å². The second-order valence-electron chi connectivity index (χ2n) is 1.98. The molecule has 0 aliphatic carbocycles. The maximum atomic E-state index is 10.5. The van der Waals surface area contributed by atoms with Crippen LogP contribution in [-0.4, -0.2) is 5.78 Å². The molecule has 0 fully saturated rings. The van der Waals surface area contributed by atoms with E-state index in [0.29, 0.717) is 6.42 Å². The van der Waals surface area contributed by atoms with Crippen LogP contribution in [0.2, 0.25) is 0 Å². The van der Waals surface area contributed by atoms with Gasteiger partial charge < -0.3 is 0 Å². The van der Waals surface area contributed by atoms with E-state index in [1.165, 1.54) is 6.08 Å². The number of carbonyl (C=O) groups is 1. The van der Waals surface area contributed by atoms with Gasteiger partial charge in [-0.15, -0.1) is 0 Å². The summed E-state index contributed by atoms with van der Waals surface area (Å²) in [6, 6.07) is 0. The van der Waals surface area contributed by atoms with E-state index >= 15 is 0 Å². The van der Waals surface area contributed by atoms with Crippen molar-refractivity contribution in [2.45, 2.75) is 13.3 Å². The summed E-state index contributed by atoms with van der Waals surface area (Å²) in [5, 5.41) is 0. The van der Waals surface area contributed by atoms with Gasteiger partial charge in [0.15, 0.2) is 5.78 Å². The van der Waals surface area contributed by atoms with Crippen LogP contribution >= 0.6 is 0 Å². The number of carbonyl (C=O) groups excluding carboxylic acids is 1. The Balaban J connectivity index is 3.39. The molecule has 1 nitrogen and oxygen atoms in total. The van der Waals surface area contributed by atoms with Gasteiger partial charge in [0.1, 0.15) is 0 Å². The summed E-state index contributed by atoms with van der Waals surface area (Å²) >= 11 is 0. The van der Waals surface area contributed by atoms with Crippen LogP contribution in [0.1, 0.15) is 13.3 Å². The summed E-state index contributed by atoms with van der Waals surface area (Å²) in [4.78, 5) is 10.5. The van der Waals surface area contributed by atoms with Crippen LogP contribution in [0.15, 0.2) is 12.7 Å². The van der Waals surface area contributed by atoms with Crippen molar-refractivity contribution in [3.63, 3.8) is 0 Å². The predicted octanol–water partition coefficient (Wildman–Crippen LogP) is 1.60. The topological polar surface area (TPSA) is 17.1 Å². The third-order valence-electron chi connectivity index (χ3n) is 0.777. The lowest BCUT2D eigenvalue weighted by Crippen LogP contribution is -1.97. The minimum atomic E-state index is 0.0764. The zero-order valence-electron chi connectivity index (χ0n) is 5.18. The predicted molar refractivity (Wildman–Crippen MR) is 34.3 cm³/mol. The highest BCUT2D eigenvalue weighted by Gasteiger charge is 1.97. The van der Waals surface area contributed by atoms with E-state index in [1.807, 2.05) is 6.92 Å². The van der Waals surface area contributed by atoms with Gasteiger partial charge in [-0.25, -0.2) is 0 Å². The first-order chi connectivity index (χ1) is 3.66. The number of hydrogen-bond donors (Lipinski definition) is 0. The van der Waals surface area contributed by atoms with E-state index < -0.39 is 0 Å². The Morgan fingerprint density at radius 1 is 1.88 bits per heavy atom. The van der Waals surface area contributed by atoms with Gasteiger partial charge in [-0.1, -0.05) is 20.4 Å². The van der Waals surface area contributed by atoms with Crippen molar-refractivity contribution in [2.75, 3.05) is 0 Å². The Morgan fingerprint density at radius 3 is 2.50 bits per heavy atom. The maximum absolute atomic E-state index is 10.5. The molecular formula is C7H11O. The SMILES string of the molecule is [CH2]C(C)CC(=O)C=C. The van der Waals surface area contributed by atoms with Crippen LogP contribution in [0.25, 0.3) is 0 Å². The molecule has 1 unspecified atom stereocenters. The molecule has 0 N–H and O–H groups in total. The van der Waals surface area contributed by atoms with Gasteiger partial charge in [-0.05, 0) is 12.0 Å². The maximum Gasteiger partial charge on any atom is 0.155 e. The van der Waals surface area contributed by atoms with Crippen molar-refractivity contribution >= 4 is 5.78 Å². The molecule has 0 saturated carbocycles.